The summed E-state index contributed by atoms with van der Waals surface area (Å²) in [6.45, 7) is 8.35. The molecule has 44 heavy (non-hydrogen) atoms. The molecule has 7 rings (SSSR count). The second-order valence-electron chi connectivity index (χ2n) is 11.5. The van der Waals surface area contributed by atoms with Crippen molar-refractivity contribution >= 4 is 27.3 Å². The van der Waals surface area contributed by atoms with Crippen LogP contribution in [0.5, 0.6) is 5.75 Å². The van der Waals surface area contributed by atoms with E-state index in [-0.39, 0.29) is 23.3 Å². The van der Waals surface area contributed by atoms with Crippen molar-refractivity contribution < 1.29 is 18.3 Å². The van der Waals surface area contributed by atoms with E-state index in [1.807, 2.05) is 29.1 Å². The largest absolute Gasteiger partial charge is 0.496 e. The Labute approximate surface area is 258 Å². The van der Waals surface area contributed by atoms with E-state index in [1.165, 1.54) is 41.7 Å². The number of carbonyl (C=O) groups excluding carboxylic acids is 1. The Bertz CT molecular complexity index is 1970. The van der Waals surface area contributed by atoms with Crippen LogP contribution >= 0.6 is 11.3 Å². The summed E-state index contributed by atoms with van der Waals surface area (Å²) in [5, 5.41) is 7.77. The van der Waals surface area contributed by atoms with Crippen LogP contribution in [0.1, 0.15) is 23.7 Å². The average Bonchev–Trinajstić information content (AvgIpc) is 3.66. The third kappa shape index (κ3) is 4.69. The minimum Gasteiger partial charge on any atom is -0.496 e. The van der Waals surface area contributed by atoms with E-state index in [4.69, 9.17) is 14.8 Å². The number of rotatable bonds is 5. The molecule has 224 valence electrons. The van der Waals surface area contributed by atoms with E-state index >= 15 is 4.39 Å². The molecule has 1 atom stereocenters. The molecule has 0 spiro atoms. The number of carbonyl (C=O) groups is 1. The fraction of sp³-hybridized carbons (Fsp3) is 0.265. The quantitative estimate of drug-likeness (QED) is 0.208. The lowest BCUT2D eigenvalue weighted by Crippen LogP contribution is -2.44. The molecule has 2 aliphatic rings. The molecule has 5 heterocycles. The zero-order chi connectivity index (χ0) is 30.7. The Kier molecular flexibility index (Phi) is 7.05. The normalized spacial score (nSPS) is 16.6. The zero-order valence-electron chi connectivity index (χ0n) is 24.7. The molecule has 5 aromatic rings. The summed E-state index contributed by atoms with van der Waals surface area (Å²) in [4.78, 5) is 21.8. The van der Waals surface area contributed by atoms with Crippen LogP contribution in [0.3, 0.4) is 0 Å². The Hall–Kier alpha value is -4.41. The molecule has 0 radical (unpaired) electrons. The van der Waals surface area contributed by atoms with Gasteiger partial charge in [-0.15, -0.1) is 11.3 Å². The minimum atomic E-state index is -0.745. The van der Waals surface area contributed by atoms with Crippen LogP contribution in [-0.4, -0.2) is 57.2 Å². The third-order valence-electron chi connectivity index (χ3n) is 8.64. The van der Waals surface area contributed by atoms with Gasteiger partial charge in [0.25, 0.3) is 0 Å². The molecule has 1 unspecified atom stereocenters. The van der Waals surface area contributed by atoms with Crippen LogP contribution in [0.25, 0.3) is 43.9 Å². The maximum absolute atomic E-state index is 15.8. The van der Waals surface area contributed by atoms with Gasteiger partial charge < -0.3 is 14.5 Å². The number of amides is 1. The topological polar surface area (TPSA) is 63.5 Å². The molecule has 0 N–H and O–H groups in total. The van der Waals surface area contributed by atoms with Crippen molar-refractivity contribution in [3.63, 3.8) is 0 Å². The van der Waals surface area contributed by atoms with E-state index in [9.17, 15) is 9.18 Å². The van der Waals surface area contributed by atoms with Crippen LogP contribution < -0.4 is 4.74 Å². The predicted molar refractivity (Wildman–Crippen MR) is 168 cm³/mol. The smallest absolute Gasteiger partial charge is 0.246 e. The van der Waals surface area contributed by atoms with E-state index in [0.717, 1.165) is 52.6 Å². The van der Waals surface area contributed by atoms with E-state index in [2.05, 4.69) is 36.7 Å². The van der Waals surface area contributed by atoms with Gasteiger partial charge in [0.15, 0.2) is 0 Å². The van der Waals surface area contributed by atoms with Gasteiger partial charge >= 0.3 is 0 Å². The number of ether oxygens (including phenoxy) is 1. The lowest BCUT2D eigenvalue weighted by atomic mass is 9.93. The summed E-state index contributed by atoms with van der Waals surface area (Å²) in [5.74, 6) is -1.55. The van der Waals surface area contributed by atoms with Gasteiger partial charge in [-0.2, -0.15) is 5.10 Å². The first-order valence-electron chi connectivity index (χ1n) is 14.5. The lowest BCUT2D eigenvalue weighted by molar-refractivity contribution is -0.129. The summed E-state index contributed by atoms with van der Waals surface area (Å²) in [6.07, 6.45) is 2.27. The van der Waals surface area contributed by atoms with Crippen LogP contribution in [0.15, 0.2) is 60.5 Å². The first kappa shape index (κ1) is 28.4. The van der Waals surface area contributed by atoms with Gasteiger partial charge in [0.05, 0.1) is 37.2 Å². The molecule has 10 heteroatoms. The van der Waals surface area contributed by atoms with Gasteiger partial charge in [-0.1, -0.05) is 18.7 Å². The zero-order valence-corrected chi connectivity index (χ0v) is 25.5. The van der Waals surface area contributed by atoms with Crippen molar-refractivity contribution in [1.82, 2.24) is 24.6 Å². The van der Waals surface area contributed by atoms with E-state index < -0.39 is 11.6 Å². The fourth-order valence-corrected chi connectivity index (χ4v) is 7.35. The van der Waals surface area contributed by atoms with Gasteiger partial charge in [0.1, 0.15) is 28.8 Å². The Morgan fingerprint density at radius 2 is 1.93 bits per heavy atom. The van der Waals surface area contributed by atoms with Gasteiger partial charge in [-0.3, -0.25) is 9.48 Å². The number of likely N-dealkylation sites (N-methyl/N-ethyl adjacent to an activating group) is 1. The molecule has 0 saturated heterocycles. The monoisotopic (exact) mass is 611 g/mol. The third-order valence-corrected chi connectivity index (χ3v) is 9.58. The predicted octanol–water partition coefficient (Wildman–Crippen LogP) is 6.69. The number of hydrogen-bond acceptors (Lipinski definition) is 6. The highest BCUT2D eigenvalue weighted by atomic mass is 32.1. The number of thiophene rings is 1. The molecule has 0 bridgehead atoms. The number of aromatic nitrogens is 3. The fourth-order valence-electron chi connectivity index (χ4n) is 6.41. The first-order chi connectivity index (χ1) is 21.2. The van der Waals surface area contributed by atoms with E-state index in [1.54, 1.807) is 4.90 Å². The molecule has 3 aromatic heterocycles. The molecule has 0 aliphatic carbocycles. The highest BCUT2D eigenvalue weighted by molar-refractivity contribution is 7.18. The van der Waals surface area contributed by atoms with E-state index in [0.29, 0.717) is 30.0 Å². The van der Waals surface area contributed by atoms with Gasteiger partial charge in [0.2, 0.25) is 5.91 Å². The second kappa shape index (κ2) is 10.9. The Balaban J connectivity index is 1.48. The summed E-state index contributed by atoms with van der Waals surface area (Å²) in [5.41, 5.74) is 6.79. The van der Waals surface area contributed by atoms with Crippen LogP contribution in [0.2, 0.25) is 0 Å². The molecule has 7 nitrogen and oxygen atoms in total. The average molecular weight is 612 g/mol. The number of pyridine rings is 1. The van der Waals surface area contributed by atoms with Gasteiger partial charge in [0, 0.05) is 52.5 Å². The van der Waals surface area contributed by atoms with Crippen molar-refractivity contribution in [2.45, 2.75) is 39.0 Å². The Morgan fingerprint density at radius 3 is 2.73 bits per heavy atom. The molecule has 2 aromatic carbocycles. The lowest BCUT2D eigenvalue weighted by Gasteiger charge is -2.33. The molecule has 1 amide bonds. The summed E-state index contributed by atoms with van der Waals surface area (Å²) in [6, 6.07) is 12.3. The second-order valence-corrected chi connectivity index (χ2v) is 12.4. The van der Waals surface area contributed by atoms with Crippen molar-refractivity contribution in [2.24, 2.45) is 0 Å². The van der Waals surface area contributed by atoms with Gasteiger partial charge in [-0.05, 0) is 61.2 Å². The standard InChI is InChI=1S/C34H31F2N5O2S/c1-5-29(42)40-18-24-15-27(38-41(24)16-19(40)2)33-31(30-26(36)13-23(35)14-28(30)43-4)34-25(9-11-44-34)32(37-33)21-6-7-22-17-39(3)10-8-20(22)12-21/h5-7,9,11-15,19H,1,8,10,16-18H2,2-4H3. The number of benzene rings is 2. The summed E-state index contributed by atoms with van der Waals surface area (Å²) >= 11 is 1.47. The first-order valence-corrected chi connectivity index (χ1v) is 15.4. The SMILES string of the molecule is C=CC(=O)N1Cc2cc(-c3nc(-c4ccc5c(c4)CCN(C)C5)c4ccsc4c3-c3c(F)cc(F)cc3OC)nn2CC1C. The summed E-state index contributed by atoms with van der Waals surface area (Å²) < 4.78 is 38.4. The van der Waals surface area contributed by atoms with Crippen LogP contribution in [0, 0.1) is 11.6 Å². The van der Waals surface area contributed by atoms with Crippen LogP contribution in [0.4, 0.5) is 8.78 Å². The molecule has 2 aliphatic heterocycles. The highest BCUT2D eigenvalue weighted by Crippen LogP contribution is 2.47. The van der Waals surface area contributed by atoms with Crippen molar-refractivity contribution in [2.75, 3.05) is 20.7 Å². The number of nitrogens with zero attached hydrogens (tertiary/aromatic N) is 5. The van der Waals surface area contributed by atoms with Crippen molar-refractivity contribution in [1.29, 1.82) is 0 Å². The summed E-state index contributed by atoms with van der Waals surface area (Å²) in [7, 11) is 3.52. The molecule has 0 saturated carbocycles. The minimum absolute atomic E-state index is 0.0752. The Morgan fingerprint density at radius 1 is 1.09 bits per heavy atom. The number of hydrogen-bond donors (Lipinski definition) is 0. The van der Waals surface area contributed by atoms with Gasteiger partial charge in [-0.25, -0.2) is 13.8 Å². The van der Waals surface area contributed by atoms with Crippen molar-refractivity contribution in [3.05, 3.63) is 89.0 Å². The molecule has 0 fully saturated rings. The van der Waals surface area contributed by atoms with Crippen molar-refractivity contribution in [3.8, 4) is 39.5 Å². The maximum atomic E-state index is 15.8. The van der Waals surface area contributed by atoms with Crippen LogP contribution in [-0.2, 0) is 30.8 Å². The number of fused-ring (bicyclic) bond motifs is 3. The number of methoxy groups -OCH3 is 1. The maximum Gasteiger partial charge on any atom is 0.246 e. The number of halogens is 2. The molecular formula is C34H31F2N5O2S. The molecular weight excluding hydrogens is 580 g/mol. The highest BCUT2D eigenvalue weighted by Gasteiger charge is 2.30.